The minimum atomic E-state index is -0.838. The molecule has 1 fully saturated rings. The van der Waals surface area contributed by atoms with Crippen LogP contribution in [0.3, 0.4) is 0 Å². The van der Waals surface area contributed by atoms with Gasteiger partial charge in [0.15, 0.2) is 6.04 Å². The summed E-state index contributed by atoms with van der Waals surface area (Å²) in [4.78, 5) is 25.3. The summed E-state index contributed by atoms with van der Waals surface area (Å²) in [6.07, 6.45) is 0. The van der Waals surface area contributed by atoms with Crippen molar-refractivity contribution in [2.45, 2.75) is 6.04 Å². The lowest BCUT2D eigenvalue weighted by molar-refractivity contribution is -0.151. The quantitative estimate of drug-likeness (QED) is 0.747. The van der Waals surface area contributed by atoms with E-state index in [1.807, 2.05) is 0 Å². The van der Waals surface area contributed by atoms with Crippen LogP contribution in [0, 0.1) is 0 Å². The molecule has 2 rings (SSSR count). The Hall–Kier alpha value is -2.28. The van der Waals surface area contributed by atoms with Gasteiger partial charge in [-0.3, -0.25) is 4.79 Å². The maximum Gasteiger partial charge on any atom is 0.331 e. The normalized spacial score (nSPS) is 18.6. The van der Waals surface area contributed by atoms with Crippen LogP contribution in [-0.4, -0.2) is 59.9 Å². The molecule has 1 aliphatic heterocycles. The standard InChI is InChI=1S/C13H15NO6/c1-19-13(18)10-7-20-5-4-14(10)12(17)9-3-2-8(15)6-11(9)16/h2-3,6,10,15-16H,4-5,7H2,1H3. The van der Waals surface area contributed by atoms with Crippen molar-refractivity contribution < 1.29 is 29.3 Å². The van der Waals surface area contributed by atoms with Gasteiger partial charge in [-0.1, -0.05) is 0 Å². The first-order valence-electron chi connectivity index (χ1n) is 6.03. The topological polar surface area (TPSA) is 96.3 Å². The summed E-state index contributed by atoms with van der Waals surface area (Å²) in [6, 6.07) is 2.83. The number of ether oxygens (including phenoxy) is 2. The number of hydrogen-bond acceptors (Lipinski definition) is 6. The van der Waals surface area contributed by atoms with Gasteiger partial charge in [-0.2, -0.15) is 0 Å². The lowest BCUT2D eigenvalue weighted by Gasteiger charge is -2.33. The zero-order valence-electron chi connectivity index (χ0n) is 10.9. The highest BCUT2D eigenvalue weighted by Gasteiger charge is 2.34. The number of hydrogen-bond donors (Lipinski definition) is 2. The molecule has 1 amide bonds. The first-order chi connectivity index (χ1) is 9.54. The summed E-state index contributed by atoms with van der Waals surface area (Å²) >= 11 is 0. The van der Waals surface area contributed by atoms with E-state index < -0.39 is 17.9 Å². The summed E-state index contributed by atoms with van der Waals surface area (Å²) in [6.45, 7) is 0.578. The fourth-order valence-corrected chi connectivity index (χ4v) is 2.03. The molecule has 1 aliphatic rings. The van der Waals surface area contributed by atoms with E-state index in [2.05, 4.69) is 4.74 Å². The Morgan fingerprint density at radius 2 is 2.15 bits per heavy atom. The summed E-state index contributed by atoms with van der Waals surface area (Å²) < 4.78 is 9.81. The summed E-state index contributed by atoms with van der Waals surface area (Å²) in [5.41, 5.74) is 0.0126. The van der Waals surface area contributed by atoms with Crippen molar-refractivity contribution in [1.29, 1.82) is 0 Å². The average Bonchev–Trinajstić information content (AvgIpc) is 2.46. The Bertz CT molecular complexity index is 530. The molecule has 20 heavy (non-hydrogen) atoms. The Morgan fingerprint density at radius 1 is 1.40 bits per heavy atom. The SMILES string of the molecule is COC(=O)C1COCCN1C(=O)c1ccc(O)cc1O. The monoisotopic (exact) mass is 281 g/mol. The van der Waals surface area contributed by atoms with Gasteiger partial charge in [0.1, 0.15) is 11.5 Å². The molecule has 1 atom stereocenters. The highest BCUT2D eigenvalue weighted by Crippen LogP contribution is 2.25. The van der Waals surface area contributed by atoms with Crippen LogP contribution < -0.4 is 0 Å². The number of rotatable bonds is 2. The predicted octanol–water partition coefficient (Wildman–Crippen LogP) is 0.112. The fourth-order valence-electron chi connectivity index (χ4n) is 2.03. The number of carbonyl (C=O) groups excluding carboxylic acids is 2. The van der Waals surface area contributed by atoms with Crippen molar-refractivity contribution in [2.24, 2.45) is 0 Å². The Labute approximate surface area is 115 Å². The second-order valence-corrected chi connectivity index (χ2v) is 4.31. The average molecular weight is 281 g/mol. The van der Waals surface area contributed by atoms with E-state index >= 15 is 0 Å². The zero-order chi connectivity index (χ0) is 14.7. The van der Waals surface area contributed by atoms with Crippen LogP contribution in [0.15, 0.2) is 18.2 Å². The van der Waals surface area contributed by atoms with E-state index in [4.69, 9.17) is 4.74 Å². The van der Waals surface area contributed by atoms with Gasteiger partial charge in [-0.25, -0.2) is 4.79 Å². The molecule has 0 aromatic heterocycles. The number of benzene rings is 1. The van der Waals surface area contributed by atoms with Crippen LogP contribution in [0.4, 0.5) is 0 Å². The van der Waals surface area contributed by atoms with Crippen molar-refractivity contribution in [3.8, 4) is 11.5 Å². The number of phenols is 2. The van der Waals surface area contributed by atoms with Crippen LogP contribution in [0.1, 0.15) is 10.4 Å². The number of morpholine rings is 1. The molecular weight excluding hydrogens is 266 g/mol. The molecule has 1 heterocycles. The van der Waals surface area contributed by atoms with Crippen LogP contribution in [-0.2, 0) is 14.3 Å². The van der Waals surface area contributed by atoms with Crippen LogP contribution in [0.5, 0.6) is 11.5 Å². The first kappa shape index (κ1) is 14.1. The smallest absolute Gasteiger partial charge is 0.331 e. The lowest BCUT2D eigenvalue weighted by Crippen LogP contribution is -2.53. The van der Waals surface area contributed by atoms with Gasteiger partial charge in [-0.05, 0) is 12.1 Å². The second kappa shape index (κ2) is 5.79. The first-order valence-corrected chi connectivity index (χ1v) is 6.03. The maximum atomic E-state index is 12.4. The number of aromatic hydroxyl groups is 2. The number of esters is 1. The van der Waals surface area contributed by atoms with Gasteiger partial charge in [0.2, 0.25) is 0 Å². The highest BCUT2D eigenvalue weighted by molar-refractivity contribution is 5.99. The molecule has 7 nitrogen and oxygen atoms in total. The van der Waals surface area contributed by atoms with Gasteiger partial charge in [-0.15, -0.1) is 0 Å². The Morgan fingerprint density at radius 3 is 2.80 bits per heavy atom. The molecule has 1 saturated heterocycles. The van der Waals surface area contributed by atoms with Crippen molar-refractivity contribution >= 4 is 11.9 Å². The van der Waals surface area contributed by atoms with Crippen LogP contribution >= 0.6 is 0 Å². The third kappa shape index (κ3) is 2.67. The molecule has 108 valence electrons. The van der Waals surface area contributed by atoms with Crippen molar-refractivity contribution in [1.82, 2.24) is 4.90 Å². The molecule has 0 aliphatic carbocycles. The summed E-state index contributed by atoms with van der Waals surface area (Å²) in [7, 11) is 1.23. The second-order valence-electron chi connectivity index (χ2n) is 4.31. The zero-order valence-corrected chi connectivity index (χ0v) is 10.9. The summed E-state index contributed by atoms with van der Waals surface area (Å²) in [5, 5.41) is 18.9. The van der Waals surface area contributed by atoms with E-state index in [1.165, 1.54) is 24.1 Å². The number of carbonyl (C=O) groups is 2. The van der Waals surface area contributed by atoms with Crippen LogP contribution in [0.2, 0.25) is 0 Å². The van der Waals surface area contributed by atoms with Crippen molar-refractivity contribution in [3.05, 3.63) is 23.8 Å². The van der Waals surface area contributed by atoms with Gasteiger partial charge in [0.05, 0.1) is 25.9 Å². The minimum absolute atomic E-state index is 0.0126. The largest absolute Gasteiger partial charge is 0.508 e. The predicted molar refractivity (Wildman–Crippen MR) is 67.4 cm³/mol. The van der Waals surface area contributed by atoms with Crippen LogP contribution in [0.25, 0.3) is 0 Å². The number of amides is 1. The van der Waals surface area contributed by atoms with Crippen molar-refractivity contribution in [2.75, 3.05) is 26.9 Å². The highest BCUT2D eigenvalue weighted by atomic mass is 16.5. The number of methoxy groups -OCH3 is 1. The van der Waals surface area contributed by atoms with E-state index in [0.717, 1.165) is 6.07 Å². The molecule has 0 bridgehead atoms. The molecule has 0 spiro atoms. The van der Waals surface area contributed by atoms with Gasteiger partial charge in [0, 0.05) is 12.6 Å². The summed E-state index contributed by atoms with van der Waals surface area (Å²) in [5.74, 6) is -1.58. The van der Waals surface area contributed by atoms with Gasteiger partial charge in [0.25, 0.3) is 5.91 Å². The molecule has 1 unspecified atom stereocenters. The Balaban J connectivity index is 2.27. The minimum Gasteiger partial charge on any atom is -0.508 e. The molecule has 0 saturated carbocycles. The van der Waals surface area contributed by atoms with E-state index in [0.29, 0.717) is 6.61 Å². The maximum absolute atomic E-state index is 12.4. The van der Waals surface area contributed by atoms with Gasteiger partial charge >= 0.3 is 5.97 Å². The van der Waals surface area contributed by atoms with Gasteiger partial charge < -0.3 is 24.6 Å². The number of phenolic OH excluding ortho intramolecular Hbond substituents is 2. The van der Waals surface area contributed by atoms with E-state index in [9.17, 15) is 19.8 Å². The van der Waals surface area contributed by atoms with E-state index in [-0.39, 0.29) is 30.2 Å². The molecule has 0 radical (unpaired) electrons. The third-order valence-corrected chi connectivity index (χ3v) is 3.07. The third-order valence-electron chi connectivity index (χ3n) is 3.07. The Kier molecular flexibility index (Phi) is 4.09. The molecular formula is C13H15NO6. The molecule has 1 aromatic rings. The molecule has 7 heteroatoms. The van der Waals surface area contributed by atoms with Crippen molar-refractivity contribution in [3.63, 3.8) is 0 Å². The lowest BCUT2D eigenvalue weighted by atomic mass is 10.1. The fraction of sp³-hybridized carbons (Fsp3) is 0.385. The molecule has 2 N–H and O–H groups in total. The number of nitrogens with zero attached hydrogens (tertiary/aromatic N) is 1. The molecule has 1 aromatic carbocycles. The van der Waals surface area contributed by atoms with E-state index in [1.54, 1.807) is 0 Å².